The van der Waals surface area contributed by atoms with E-state index in [0.29, 0.717) is 19.4 Å². The highest BCUT2D eigenvalue weighted by Crippen LogP contribution is 2.09. The molecule has 70 valence electrons. The lowest BCUT2D eigenvalue weighted by molar-refractivity contribution is -0.127. The van der Waals surface area contributed by atoms with Crippen molar-refractivity contribution in [2.45, 2.75) is 25.3 Å². The van der Waals surface area contributed by atoms with E-state index in [1.165, 1.54) is 0 Å². The second-order valence-electron chi connectivity index (χ2n) is 3.22. The van der Waals surface area contributed by atoms with Crippen molar-refractivity contribution in [2.75, 3.05) is 19.7 Å². The minimum atomic E-state index is -0.0722. The SMILES string of the molecule is NC(CCO)CN1CCCC1=O. The number of carbonyl (C=O) groups is 1. The third-order valence-corrected chi connectivity index (χ3v) is 2.13. The van der Waals surface area contributed by atoms with Crippen molar-refractivity contribution in [1.29, 1.82) is 0 Å². The molecule has 3 N–H and O–H groups in total. The smallest absolute Gasteiger partial charge is 0.222 e. The van der Waals surface area contributed by atoms with Crippen LogP contribution in [0.3, 0.4) is 0 Å². The zero-order chi connectivity index (χ0) is 8.97. The quantitative estimate of drug-likeness (QED) is 0.590. The van der Waals surface area contributed by atoms with Crippen molar-refractivity contribution in [3.8, 4) is 0 Å². The molecule has 1 heterocycles. The highest BCUT2D eigenvalue weighted by atomic mass is 16.3. The van der Waals surface area contributed by atoms with Crippen molar-refractivity contribution >= 4 is 5.91 Å². The molecule has 0 spiro atoms. The van der Waals surface area contributed by atoms with Gasteiger partial charge in [-0.05, 0) is 12.8 Å². The molecule has 1 unspecified atom stereocenters. The molecule has 1 atom stereocenters. The van der Waals surface area contributed by atoms with E-state index in [1.54, 1.807) is 4.90 Å². The summed E-state index contributed by atoms with van der Waals surface area (Å²) in [4.78, 5) is 12.9. The normalized spacial score (nSPS) is 20.2. The predicted molar refractivity (Wildman–Crippen MR) is 45.5 cm³/mol. The number of carbonyl (C=O) groups excluding carboxylic acids is 1. The molecular weight excluding hydrogens is 156 g/mol. The Labute approximate surface area is 72.3 Å². The molecule has 0 radical (unpaired) electrons. The Morgan fingerprint density at radius 1 is 1.67 bits per heavy atom. The summed E-state index contributed by atoms with van der Waals surface area (Å²) in [5.74, 6) is 0.198. The third-order valence-electron chi connectivity index (χ3n) is 2.13. The van der Waals surface area contributed by atoms with E-state index in [2.05, 4.69) is 0 Å². The lowest BCUT2D eigenvalue weighted by Gasteiger charge is -2.19. The van der Waals surface area contributed by atoms with Gasteiger partial charge in [-0.2, -0.15) is 0 Å². The van der Waals surface area contributed by atoms with Gasteiger partial charge < -0.3 is 15.7 Å². The fourth-order valence-corrected chi connectivity index (χ4v) is 1.44. The first-order valence-corrected chi connectivity index (χ1v) is 4.38. The average molecular weight is 172 g/mol. The average Bonchev–Trinajstić information content (AvgIpc) is 2.37. The van der Waals surface area contributed by atoms with Crippen LogP contribution in [-0.2, 0) is 4.79 Å². The topological polar surface area (TPSA) is 66.6 Å². The first-order valence-electron chi connectivity index (χ1n) is 4.38. The molecule has 4 nitrogen and oxygen atoms in total. The molecule has 12 heavy (non-hydrogen) atoms. The number of amides is 1. The summed E-state index contributed by atoms with van der Waals surface area (Å²) < 4.78 is 0. The highest BCUT2D eigenvalue weighted by molar-refractivity contribution is 5.78. The molecule has 0 aromatic carbocycles. The van der Waals surface area contributed by atoms with E-state index in [0.717, 1.165) is 13.0 Å². The van der Waals surface area contributed by atoms with Crippen LogP contribution in [0.1, 0.15) is 19.3 Å². The minimum Gasteiger partial charge on any atom is -0.396 e. The summed E-state index contributed by atoms with van der Waals surface area (Å²) in [6.45, 7) is 1.53. The van der Waals surface area contributed by atoms with Crippen LogP contribution in [0.4, 0.5) is 0 Å². The predicted octanol–water partition coefficient (Wildman–Crippen LogP) is -0.681. The molecular formula is C8H16N2O2. The molecule has 1 aliphatic heterocycles. The molecule has 0 aliphatic carbocycles. The van der Waals surface area contributed by atoms with Gasteiger partial charge in [-0.3, -0.25) is 4.79 Å². The molecule has 0 saturated carbocycles. The fraction of sp³-hybridized carbons (Fsp3) is 0.875. The standard InChI is InChI=1S/C8H16N2O2/c9-7(3-5-11)6-10-4-1-2-8(10)12/h7,11H,1-6,9H2. The van der Waals surface area contributed by atoms with E-state index in [1.807, 2.05) is 0 Å². The first-order chi connectivity index (χ1) is 5.74. The van der Waals surface area contributed by atoms with Crippen molar-refractivity contribution in [2.24, 2.45) is 5.73 Å². The number of likely N-dealkylation sites (tertiary alicyclic amines) is 1. The van der Waals surface area contributed by atoms with Crippen LogP contribution in [-0.4, -0.2) is 41.7 Å². The summed E-state index contributed by atoms with van der Waals surface area (Å²) >= 11 is 0. The molecule has 1 fully saturated rings. The molecule has 0 aromatic heterocycles. The van der Waals surface area contributed by atoms with Gasteiger partial charge in [0.2, 0.25) is 5.91 Å². The Hall–Kier alpha value is -0.610. The van der Waals surface area contributed by atoms with Crippen LogP contribution in [0.25, 0.3) is 0 Å². The number of rotatable bonds is 4. The maximum Gasteiger partial charge on any atom is 0.222 e. The Balaban J connectivity index is 2.25. The summed E-state index contributed by atoms with van der Waals surface area (Å²) in [5, 5.41) is 8.59. The van der Waals surface area contributed by atoms with Crippen LogP contribution in [0.5, 0.6) is 0 Å². The first kappa shape index (κ1) is 9.48. The number of hydrogen-bond donors (Lipinski definition) is 2. The van der Waals surface area contributed by atoms with Gasteiger partial charge in [0, 0.05) is 32.2 Å². The minimum absolute atomic E-state index is 0.0722. The monoisotopic (exact) mass is 172 g/mol. The van der Waals surface area contributed by atoms with Crippen LogP contribution >= 0.6 is 0 Å². The molecule has 1 amide bonds. The van der Waals surface area contributed by atoms with Crippen molar-refractivity contribution in [3.05, 3.63) is 0 Å². The number of aliphatic hydroxyl groups excluding tert-OH is 1. The maximum absolute atomic E-state index is 11.1. The van der Waals surface area contributed by atoms with E-state index >= 15 is 0 Å². The van der Waals surface area contributed by atoms with Gasteiger partial charge in [-0.25, -0.2) is 0 Å². The summed E-state index contributed by atoms with van der Waals surface area (Å²) in [6.07, 6.45) is 2.18. The van der Waals surface area contributed by atoms with Crippen molar-refractivity contribution in [1.82, 2.24) is 4.90 Å². The number of nitrogens with two attached hydrogens (primary N) is 1. The van der Waals surface area contributed by atoms with E-state index in [9.17, 15) is 4.79 Å². The van der Waals surface area contributed by atoms with Crippen LogP contribution < -0.4 is 5.73 Å². The second-order valence-corrected chi connectivity index (χ2v) is 3.22. The van der Waals surface area contributed by atoms with E-state index in [-0.39, 0.29) is 18.6 Å². The lowest BCUT2D eigenvalue weighted by atomic mass is 10.2. The van der Waals surface area contributed by atoms with Crippen LogP contribution in [0.2, 0.25) is 0 Å². The second kappa shape index (κ2) is 4.42. The Morgan fingerprint density at radius 2 is 2.42 bits per heavy atom. The summed E-state index contributed by atoms with van der Waals surface area (Å²) in [5.41, 5.74) is 5.67. The summed E-state index contributed by atoms with van der Waals surface area (Å²) in [7, 11) is 0. The van der Waals surface area contributed by atoms with Gasteiger partial charge in [0.25, 0.3) is 0 Å². The lowest BCUT2D eigenvalue weighted by Crippen LogP contribution is -2.38. The highest BCUT2D eigenvalue weighted by Gasteiger charge is 2.21. The van der Waals surface area contributed by atoms with Gasteiger partial charge in [-0.1, -0.05) is 0 Å². The fourth-order valence-electron chi connectivity index (χ4n) is 1.44. The Bertz CT molecular complexity index is 161. The zero-order valence-electron chi connectivity index (χ0n) is 7.20. The third kappa shape index (κ3) is 2.46. The van der Waals surface area contributed by atoms with Gasteiger partial charge in [0.05, 0.1) is 0 Å². The molecule has 1 aliphatic rings. The number of hydrogen-bond acceptors (Lipinski definition) is 3. The van der Waals surface area contributed by atoms with Crippen molar-refractivity contribution in [3.63, 3.8) is 0 Å². The van der Waals surface area contributed by atoms with Gasteiger partial charge in [0.15, 0.2) is 0 Å². The van der Waals surface area contributed by atoms with Gasteiger partial charge in [0.1, 0.15) is 0 Å². The molecule has 4 heteroatoms. The number of aliphatic hydroxyl groups is 1. The van der Waals surface area contributed by atoms with Crippen molar-refractivity contribution < 1.29 is 9.90 Å². The Kier molecular flexibility index (Phi) is 3.49. The zero-order valence-corrected chi connectivity index (χ0v) is 7.20. The van der Waals surface area contributed by atoms with Crippen LogP contribution in [0, 0.1) is 0 Å². The van der Waals surface area contributed by atoms with Gasteiger partial charge in [-0.15, -0.1) is 0 Å². The molecule has 0 aromatic rings. The van der Waals surface area contributed by atoms with Crippen LogP contribution in [0.15, 0.2) is 0 Å². The molecule has 0 bridgehead atoms. The number of nitrogens with zero attached hydrogens (tertiary/aromatic N) is 1. The van der Waals surface area contributed by atoms with E-state index in [4.69, 9.17) is 10.8 Å². The summed E-state index contributed by atoms with van der Waals surface area (Å²) in [6, 6.07) is -0.0722. The molecule has 1 rings (SSSR count). The van der Waals surface area contributed by atoms with Gasteiger partial charge >= 0.3 is 0 Å². The largest absolute Gasteiger partial charge is 0.396 e. The maximum atomic E-state index is 11.1. The van der Waals surface area contributed by atoms with E-state index < -0.39 is 0 Å². The Morgan fingerprint density at radius 3 is 2.92 bits per heavy atom. The molecule has 1 saturated heterocycles.